The van der Waals surface area contributed by atoms with Gasteiger partial charge in [-0.05, 0) is 74.4 Å². The molecule has 5 rings (SSSR count). The zero-order chi connectivity index (χ0) is 30.6. The lowest BCUT2D eigenvalue weighted by atomic mass is 9.76. The van der Waals surface area contributed by atoms with E-state index in [4.69, 9.17) is 4.74 Å². The van der Waals surface area contributed by atoms with Crippen LogP contribution >= 0.6 is 0 Å². The number of benzene rings is 3. The Morgan fingerprint density at radius 3 is 2.17 bits per heavy atom. The number of likely N-dealkylation sites (tertiary alicyclic amines) is 1. The quantitative estimate of drug-likeness (QED) is 0.337. The van der Waals surface area contributed by atoms with Gasteiger partial charge in [-0.2, -0.15) is 13.2 Å². The molecule has 2 heterocycles. The third kappa shape index (κ3) is 5.09. The Hall–Kier alpha value is -4.38. The third-order valence-electron chi connectivity index (χ3n) is 7.74. The molecule has 3 aromatic carbocycles. The van der Waals surface area contributed by atoms with Crippen LogP contribution in [-0.4, -0.2) is 44.0 Å². The van der Waals surface area contributed by atoms with Crippen molar-refractivity contribution in [1.29, 1.82) is 0 Å². The second-order valence-corrected chi connectivity index (χ2v) is 11.6. The number of carboxylic acids is 1. The van der Waals surface area contributed by atoms with Gasteiger partial charge in [-0.15, -0.1) is 0 Å². The summed E-state index contributed by atoms with van der Waals surface area (Å²) in [4.78, 5) is 41.8. The summed E-state index contributed by atoms with van der Waals surface area (Å²) in [5, 5.41) is 23.4. The maximum absolute atomic E-state index is 13.9. The number of fused-ring (bicyclic) bond motifs is 1. The van der Waals surface area contributed by atoms with Crippen molar-refractivity contribution >= 4 is 17.8 Å². The highest BCUT2D eigenvalue weighted by molar-refractivity contribution is 6.10. The van der Waals surface area contributed by atoms with Crippen molar-refractivity contribution in [2.75, 3.05) is 0 Å². The van der Waals surface area contributed by atoms with Gasteiger partial charge in [0.25, 0.3) is 0 Å². The van der Waals surface area contributed by atoms with Gasteiger partial charge in [0, 0.05) is 18.0 Å². The molecule has 2 aliphatic heterocycles. The van der Waals surface area contributed by atoms with Gasteiger partial charge in [0.15, 0.2) is 0 Å². The normalized spacial score (nSPS) is 24.1. The van der Waals surface area contributed by atoms with E-state index >= 15 is 0 Å². The van der Waals surface area contributed by atoms with E-state index in [1.54, 1.807) is 45.0 Å². The first-order valence-electron chi connectivity index (χ1n) is 13.2. The smallest absolute Gasteiger partial charge is 0.416 e. The number of carbonyl (C=O) groups excluding carboxylic acids is 2. The number of carbonyl (C=O) groups is 3. The molecular weight excluding hydrogens is 553 g/mol. The van der Waals surface area contributed by atoms with Crippen LogP contribution in [0.3, 0.4) is 0 Å². The Kier molecular flexibility index (Phi) is 7.05. The summed E-state index contributed by atoms with van der Waals surface area (Å²) in [7, 11) is 0. The Bertz CT molecular complexity index is 1550. The number of ether oxygens (including phenoxy) is 1. The van der Waals surface area contributed by atoms with Crippen LogP contribution in [0.15, 0.2) is 72.8 Å². The molecule has 0 aromatic heterocycles. The standard InChI is InChI=1S/C31H29F3N2O6/c1-29(2,3)36-26(38)23-24(27(36)39)30(28(40)41,16-17-10-12-20(37)13-11-17)35-25(23)18-6-4-8-21(14-18)42-22-9-5-7-19(15-22)31(32,33)34/h4-15,23-25,35,37H,16H2,1-3H3,(H,40,41). The van der Waals surface area contributed by atoms with Crippen molar-refractivity contribution in [1.82, 2.24) is 10.2 Å². The van der Waals surface area contributed by atoms with Crippen LogP contribution in [0.5, 0.6) is 17.2 Å². The van der Waals surface area contributed by atoms with Crippen molar-refractivity contribution in [2.24, 2.45) is 11.8 Å². The van der Waals surface area contributed by atoms with Gasteiger partial charge in [0.1, 0.15) is 22.8 Å². The molecule has 0 spiro atoms. The molecule has 2 saturated heterocycles. The van der Waals surface area contributed by atoms with E-state index in [0.29, 0.717) is 11.1 Å². The summed E-state index contributed by atoms with van der Waals surface area (Å²) in [5.41, 5.74) is -2.72. The van der Waals surface area contributed by atoms with Gasteiger partial charge in [-0.3, -0.25) is 24.6 Å². The first-order valence-corrected chi connectivity index (χ1v) is 13.2. The predicted molar refractivity (Wildman–Crippen MR) is 145 cm³/mol. The number of aromatic hydroxyl groups is 1. The maximum Gasteiger partial charge on any atom is 0.416 e. The first kappa shape index (κ1) is 29.1. The molecule has 2 fully saturated rings. The highest BCUT2D eigenvalue weighted by Gasteiger charge is 2.69. The van der Waals surface area contributed by atoms with Gasteiger partial charge in [0.05, 0.1) is 17.4 Å². The molecule has 2 amide bonds. The van der Waals surface area contributed by atoms with E-state index in [1.165, 1.54) is 36.4 Å². The Balaban J connectivity index is 1.57. The monoisotopic (exact) mass is 582 g/mol. The topological polar surface area (TPSA) is 116 Å². The Morgan fingerprint density at radius 1 is 0.952 bits per heavy atom. The van der Waals surface area contributed by atoms with Crippen LogP contribution < -0.4 is 10.1 Å². The van der Waals surface area contributed by atoms with Crippen LogP contribution in [0, 0.1) is 11.8 Å². The van der Waals surface area contributed by atoms with Gasteiger partial charge >= 0.3 is 12.1 Å². The first-order chi connectivity index (χ1) is 19.6. The zero-order valence-electron chi connectivity index (χ0n) is 23.0. The van der Waals surface area contributed by atoms with Crippen LogP contribution in [0.1, 0.15) is 43.5 Å². The minimum absolute atomic E-state index is 0.0122. The van der Waals surface area contributed by atoms with Gasteiger partial charge in [-0.25, -0.2) is 0 Å². The van der Waals surface area contributed by atoms with Gasteiger partial charge in [-0.1, -0.05) is 30.3 Å². The highest BCUT2D eigenvalue weighted by Crippen LogP contribution is 2.51. The minimum atomic E-state index is -4.56. The lowest BCUT2D eigenvalue weighted by Crippen LogP contribution is -2.58. The Labute approximate surface area is 239 Å². The fraction of sp³-hybridized carbons (Fsp3) is 0.323. The summed E-state index contributed by atoms with van der Waals surface area (Å²) in [6.45, 7) is 5.08. The SMILES string of the molecule is CC(C)(C)N1C(=O)C2C(c3cccc(Oc4cccc(C(F)(F)F)c4)c3)NC(Cc3ccc(O)cc3)(C(=O)O)C2C1=O. The van der Waals surface area contributed by atoms with Crippen LogP contribution in [0.4, 0.5) is 13.2 Å². The number of amides is 2. The van der Waals surface area contributed by atoms with E-state index in [2.05, 4.69) is 5.32 Å². The number of halogens is 3. The van der Waals surface area contributed by atoms with E-state index in [1.807, 2.05) is 0 Å². The molecule has 4 unspecified atom stereocenters. The molecule has 0 bridgehead atoms. The number of phenolic OH excluding ortho intramolecular Hbond substituents is 1. The molecule has 0 saturated carbocycles. The molecular formula is C31H29F3N2O6. The van der Waals surface area contributed by atoms with Crippen LogP contribution in [0.25, 0.3) is 0 Å². The van der Waals surface area contributed by atoms with E-state index in [0.717, 1.165) is 17.0 Å². The summed E-state index contributed by atoms with van der Waals surface area (Å²) in [5.74, 6) is -4.68. The number of hydrogen-bond acceptors (Lipinski definition) is 6. The zero-order valence-corrected chi connectivity index (χ0v) is 23.0. The minimum Gasteiger partial charge on any atom is -0.508 e. The second kappa shape index (κ2) is 10.2. The predicted octanol–water partition coefficient (Wildman–Crippen LogP) is 5.31. The highest BCUT2D eigenvalue weighted by atomic mass is 19.4. The number of nitrogens with one attached hydrogen (secondary N) is 1. The van der Waals surface area contributed by atoms with Crippen LogP contribution in [0.2, 0.25) is 0 Å². The van der Waals surface area contributed by atoms with Crippen molar-refractivity contribution in [3.05, 3.63) is 89.5 Å². The van der Waals surface area contributed by atoms with E-state index in [9.17, 15) is 37.8 Å². The van der Waals surface area contributed by atoms with Gasteiger partial charge < -0.3 is 14.9 Å². The number of phenols is 1. The van der Waals surface area contributed by atoms with Crippen molar-refractivity contribution < 1.29 is 42.5 Å². The number of hydrogen-bond donors (Lipinski definition) is 3. The summed E-state index contributed by atoms with van der Waals surface area (Å²) in [6.07, 6.45) is -4.71. The average molecular weight is 583 g/mol. The van der Waals surface area contributed by atoms with Crippen molar-refractivity contribution in [3.8, 4) is 17.2 Å². The maximum atomic E-state index is 13.9. The van der Waals surface area contributed by atoms with Gasteiger partial charge in [0.2, 0.25) is 11.8 Å². The summed E-state index contributed by atoms with van der Waals surface area (Å²) in [6, 6.07) is 15.6. The lowest BCUT2D eigenvalue weighted by molar-refractivity contribution is -0.153. The van der Waals surface area contributed by atoms with Crippen LogP contribution in [-0.2, 0) is 27.0 Å². The molecule has 0 aliphatic carbocycles. The summed E-state index contributed by atoms with van der Waals surface area (Å²) < 4.78 is 45.4. The number of nitrogens with zero attached hydrogens (tertiary/aromatic N) is 1. The lowest BCUT2D eigenvalue weighted by Gasteiger charge is -2.35. The number of rotatable bonds is 6. The molecule has 2 aliphatic rings. The largest absolute Gasteiger partial charge is 0.508 e. The number of alkyl halides is 3. The molecule has 11 heteroatoms. The van der Waals surface area contributed by atoms with E-state index < -0.39 is 58.5 Å². The molecule has 220 valence electrons. The molecule has 4 atom stereocenters. The molecule has 8 nitrogen and oxygen atoms in total. The Morgan fingerprint density at radius 2 is 1.57 bits per heavy atom. The summed E-state index contributed by atoms with van der Waals surface area (Å²) >= 11 is 0. The molecule has 3 N–H and O–H groups in total. The van der Waals surface area contributed by atoms with E-state index in [-0.39, 0.29) is 23.7 Å². The number of imide groups is 1. The molecule has 3 aromatic rings. The third-order valence-corrected chi connectivity index (χ3v) is 7.74. The fourth-order valence-electron chi connectivity index (χ4n) is 5.96. The molecule has 0 radical (unpaired) electrons. The number of carboxylic acid groups (broad SMARTS) is 1. The van der Waals surface area contributed by atoms with Crippen molar-refractivity contribution in [2.45, 2.75) is 50.5 Å². The number of aliphatic carboxylic acids is 1. The second-order valence-electron chi connectivity index (χ2n) is 11.6. The fourth-order valence-corrected chi connectivity index (χ4v) is 5.96. The van der Waals surface area contributed by atoms with Crippen molar-refractivity contribution in [3.63, 3.8) is 0 Å². The average Bonchev–Trinajstić information content (AvgIpc) is 3.39. The molecule has 42 heavy (non-hydrogen) atoms.